The zero-order valence-corrected chi connectivity index (χ0v) is 14.8. The lowest BCUT2D eigenvalue weighted by atomic mass is 10.2. The van der Waals surface area contributed by atoms with Crippen LogP contribution in [0.1, 0.15) is 31.1 Å². The van der Waals surface area contributed by atoms with E-state index in [2.05, 4.69) is 16.0 Å². The summed E-state index contributed by atoms with van der Waals surface area (Å²) >= 11 is 0. The summed E-state index contributed by atoms with van der Waals surface area (Å²) in [6.07, 6.45) is -0.587. The predicted octanol–water partition coefficient (Wildman–Crippen LogP) is 4.33. The summed E-state index contributed by atoms with van der Waals surface area (Å²) < 4.78 is 5.28. The van der Waals surface area contributed by atoms with Crippen LogP contribution in [0.25, 0.3) is 0 Å². The molecule has 0 saturated heterocycles. The van der Waals surface area contributed by atoms with Gasteiger partial charge < -0.3 is 15.4 Å². The van der Waals surface area contributed by atoms with Crippen molar-refractivity contribution in [1.29, 1.82) is 0 Å². The fourth-order valence-corrected chi connectivity index (χ4v) is 2.11. The Balaban J connectivity index is 2.22. The first-order valence-corrected chi connectivity index (χ1v) is 7.97. The molecule has 0 fully saturated rings. The smallest absolute Gasteiger partial charge is 0.412 e. The number of rotatable bonds is 4. The topological polar surface area (TPSA) is 79.5 Å². The van der Waals surface area contributed by atoms with Crippen molar-refractivity contribution < 1.29 is 14.3 Å². The number of carbonyl (C=O) groups excluding carboxylic acids is 2. The minimum Gasteiger partial charge on any atom is -0.444 e. The van der Waals surface area contributed by atoms with Crippen LogP contribution in [0.5, 0.6) is 0 Å². The number of amides is 2. The molecule has 3 N–H and O–H groups in total. The van der Waals surface area contributed by atoms with E-state index in [1.807, 2.05) is 6.07 Å². The van der Waals surface area contributed by atoms with Crippen molar-refractivity contribution in [3.05, 3.63) is 54.1 Å². The third-order valence-corrected chi connectivity index (χ3v) is 3.23. The van der Waals surface area contributed by atoms with Crippen LogP contribution in [0.2, 0.25) is 0 Å². The van der Waals surface area contributed by atoms with Crippen LogP contribution in [0.4, 0.5) is 21.9 Å². The summed E-state index contributed by atoms with van der Waals surface area (Å²) in [7, 11) is 1.77. The van der Waals surface area contributed by atoms with E-state index >= 15 is 0 Å². The van der Waals surface area contributed by atoms with Gasteiger partial charge in [-0.2, -0.15) is 0 Å². The van der Waals surface area contributed by atoms with Gasteiger partial charge in [-0.3, -0.25) is 10.1 Å². The van der Waals surface area contributed by atoms with Gasteiger partial charge in [0.25, 0.3) is 5.91 Å². The maximum Gasteiger partial charge on any atom is 0.412 e. The summed E-state index contributed by atoms with van der Waals surface area (Å²) in [6.45, 7) is 5.36. The quantitative estimate of drug-likeness (QED) is 0.773. The van der Waals surface area contributed by atoms with Gasteiger partial charge in [-0.15, -0.1) is 0 Å². The molecule has 0 saturated carbocycles. The van der Waals surface area contributed by atoms with Crippen LogP contribution in [0.3, 0.4) is 0 Å². The van der Waals surface area contributed by atoms with Crippen LogP contribution < -0.4 is 16.0 Å². The van der Waals surface area contributed by atoms with Gasteiger partial charge in [0.2, 0.25) is 0 Å². The first kappa shape index (κ1) is 18.3. The van der Waals surface area contributed by atoms with Crippen LogP contribution in [0, 0.1) is 0 Å². The highest BCUT2D eigenvalue weighted by Gasteiger charge is 2.18. The number of hydrogen-bond acceptors (Lipinski definition) is 4. The Morgan fingerprint density at radius 2 is 1.60 bits per heavy atom. The van der Waals surface area contributed by atoms with E-state index < -0.39 is 11.7 Å². The second-order valence-electron chi connectivity index (χ2n) is 6.46. The van der Waals surface area contributed by atoms with Gasteiger partial charge in [-0.05, 0) is 51.1 Å². The van der Waals surface area contributed by atoms with E-state index in [0.29, 0.717) is 16.9 Å². The Morgan fingerprint density at radius 1 is 0.920 bits per heavy atom. The molecule has 0 heterocycles. The molecule has 2 aromatic rings. The number of ether oxygens (including phenoxy) is 1. The molecular formula is C19H23N3O3. The molecule has 25 heavy (non-hydrogen) atoms. The predicted molar refractivity (Wildman–Crippen MR) is 100 cm³/mol. The van der Waals surface area contributed by atoms with Crippen molar-refractivity contribution >= 4 is 29.1 Å². The summed E-state index contributed by atoms with van der Waals surface area (Å²) in [6, 6.07) is 14.1. The third kappa shape index (κ3) is 5.53. The molecule has 6 nitrogen and oxygen atoms in total. The summed E-state index contributed by atoms with van der Waals surface area (Å²) in [5.74, 6) is -0.259. The van der Waals surface area contributed by atoms with E-state index in [9.17, 15) is 9.59 Å². The molecule has 0 aliphatic heterocycles. The van der Waals surface area contributed by atoms with Crippen molar-refractivity contribution in [1.82, 2.24) is 0 Å². The Hall–Kier alpha value is -3.02. The van der Waals surface area contributed by atoms with Gasteiger partial charge >= 0.3 is 6.09 Å². The SMILES string of the molecule is CNc1ccc(NC(=O)c2ccccc2)c(NC(=O)OC(C)(C)C)c1. The lowest BCUT2D eigenvalue weighted by Crippen LogP contribution is -2.27. The molecule has 0 spiro atoms. The normalized spacial score (nSPS) is 10.7. The van der Waals surface area contributed by atoms with Gasteiger partial charge in [0, 0.05) is 18.3 Å². The summed E-state index contributed by atoms with van der Waals surface area (Å²) in [4.78, 5) is 24.4. The van der Waals surface area contributed by atoms with Crippen molar-refractivity contribution in [2.45, 2.75) is 26.4 Å². The van der Waals surface area contributed by atoms with Gasteiger partial charge in [0.15, 0.2) is 0 Å². The number of anilines is 3. The molecule has 0 aromatic heterocycles. The van der Waals surface area contributed by atoms with Crippen molar-refractivity contribution in [2.24, 2.45) is 0 Å². The number of nitrogens with one attached hydrogen (secondary N) is 3. The molecule has 132 valence electrons. The standard InChI is InChI=1S/C19H23N3O3/c1-19(2,3)25-18(24)22-16-12-14(20-4)10-11-15(16)21-17(23)13-8-6-5-7-9-13/h5-12,20H,1-4H3,(H,21,23)(H,22,24). The third-order valence-electron chi connectivity index (χ3n) is 3.23. The number of benzene rings is 2. The first-order chi connectivity index (χ1) is 11.8. The highest BCUT2D eigenvalue weighted by Crippen LogP contribution is 2.27. The van der Waals surface area contributed by atoms with Crippen molar-refractivity contribution in [2.75, 3.05) is 23.0 Å². The summed E-state index contributed by atoms with van der Waals surface area (Å²) in [5, 5.41) is 8.49. The Bertz CT molecular complexity index is 752. The lowest BCUT2D eigenvalue weighted by molar-refractivity contribution is 0.0635. The Labute approximate surface area is 147 Å². The highest BCUT2D eigenvalue weighted by molar-refractivity contribution is 6.07. The van der Waals surface area contributed by atoms with E-state index in [0.717, 1.165) is 5.69 Å². The molecule has 0 radical (unpaired) electrons. The van der Waals surface area contributed by atoms with E-state index in [-0.39, 0.29) is 5.91 Å². The van der Waals surface area contributed by atoms with Gasteiger partial charge in [0.05, 0.1) is 11.4 Å². The minimum absolute atomic E-state index is 0.259. The molecular weight excluding hydrogens is 318 g/mol. The second kappa shape index (κ2) is 7.70. The van der Waals surface area contributed by atoms with Gasteiger partial charge in [-0.25, -0.2) is 4.79 Å². The molecule has 2 aromatic carbocycles. The molecule has 2 rings (SSSR count). The van der Waals surface area contributed by atoms with Gasteiger partial charge in [0.1, 0.15) is 5.60 Å². The summed E-state index contributed by atoms with van der Waals surface area (Å²) in [5.41, 5.74) is 1.65. The monoisotopic (exact) mass is 341 g/mol. The number of carbonyl (C=O) groups is 2. The maximum absolute atomic E-state index is 12.4. The van der Waals surface area contributed by atoms with E-state index in [1.54, 1.807) is 70.3 Å². The van der Waals surface area contributed by atoms with Crippen molar-refractivity contribution in [3.63, 3.8) is 0 Å². The molecule has 2 amide bonds. The van der Waals surface area contributed by atoms with Crippen LogP contribution in [-0.4, -0.2) is 24.6 Å². The first-order valence-electron chi connectivity index (χ1n) is 7.97. The fraction of sp³-hybridized carbons (Fsp3) is 0.263. The maximum atomic E-state index is 12.4. The Morgan fingerprint density at radius 3 is 2.20 bits per heavy atom. The van der Waals surface area contributed by atoms with E-state index in [4.69, 9.17) is 4.74 Å². The largest absolute Gasteiger partial charge is 0.444 e. The molecule has 0 unspecified atom stereocenters. The van der Waals surface area contributed by atoms with Crippen LogP contribution in [0.15, 0.2) is 48.5 Å². The number of hydrogen-bond donors (Lipinski definition) is 3. The van der Waals surface area contributed by atoms with E-state index in [1.165, 1.54) is 0 Å². The molecule has 0 aliphatic rings. The second-order valence-corrected chi connectivity index (χ2v) is 6.46. The average molecular weight is 341 g/mol. The minimum atomic E-state index is -0.613. The van der Waals surface area contributed by atoms with Crippen LogP contribution in [-0.2, 0) is 4.74 Å². The molecule has 6 heteroatoms. The fourth-order valence-electron chi connectivity index (χ4n) is 2.11. The van der Waals surface area contributed by atoms with Crippen molar-refractivity contribution in [3.8, 4) is 0 Å². The molecule has 0 aliphatic carbocycles. The highest BCUT2D eigenvalue weighted by atomic mass is 16.6. The average Bonchev–Trinajstić information content (AvgIpc) is 2.55. The van der Waals surface area contributed by atoms with Gasteiger partial charge in [-0.1, -0.05) is 18.2 Å². The zero-order valence-electron chi connectivity index (χ0n) is 14.8. The van der Waals surface area contributed by atoms with Crippen LogP contribution >= 0.6 is 0 Å². The zero-order chi connectivity index (χ0) is 18.4. The molecule has 0 atom stereocenters. The molecule has 0 bridgehead atoms. The Kier molecular flexibility index (Phi) is 5.64. The lowest BCUT2D eigenvalue weighted by Gasteiger charge is -2.21.